The summed E-state index contributed by atoms with van der Waals surface area (Å²) in [5.74, 6) is -1.97. The summed E-state index contributed by atoms with van der Waals surface area (Å²) >= 11 is 5.94. The summed E-state index contributed by atoms with van der Waals surface area (Å²) < 4.78 is 24.0. The number of hydrogen-bond donors (Lipinski definition) is 1. The van der Waals surface area contributed by atoms with E-state index in [0.717, 1.165) is 0 Å². The van der Waals surface area contributed by atoms with Crippen molar-refractivity contribution in [3.8, 4) is 0 Å². The topological polar surface area (TPSA) is 38.4 Å². The standard InChI is InChI=1S/C9H9ClF2N2S/c10-5-8(13)14-6-1-3-7(4-2-6)15-9(11)12/h1-4,9H,5H2,(H2,13,14). The van der Waals surface area contributed by atoms with Crippen LogP contribution in [0.2, 0.25) is 0 Å². The number of benzene rings is 1. The van der Waals surface area contributed by atoms with E-state index in [1.165, 1.54) is 0 Å². The molecule has 6 heteroatoms. The van der Waals surface area contributed by atoms with Gasteiger partial charge in [-0.2, -0.15) is 8.78 Å². The Kier molecular flexibility index (Phi) is 4.84. The van der Waals surface area contributed by atoms with Crippen molar-refractivity contribution in [1.82, 2.24) is 0 Å². The molecule has 0 saturated carbocycles. The monoisotopic (exact) mass is 250 g/mol. The minimum Gasteiger partial charge on any atom is -0.386 e. The van der Waals surface area contributed by atoms with Gasteiger partial charge >= 0.3 is 0 Å². The molecule has 0 aliphatic carbocycles. The maximum atomic E-state index is 12.0. The molecule has 0 bridgehead atoms. The lowest BCUT2D eigenvalue weighted by Gasteiger charge is -2.00. The van der Waals surface area contributed by atoms with Crippen molar-refractivity contribution >= 4 is 34.9 Å². The third-order valence-corrected chi connectivity index (χ3v) is 2.47. The quantitative estimate of drug-likeness (QED) is 0.386. The van der Waals surface area contributed by atoms with Crippen molar-refractivity contribution in [2.24, 2.45) is 10.7 Å². The Labute approximate surface area is 95.5 Å². The average Bonchev–Trinajstić information content (AvgIpc) is 2.20. The molecule has 0 atom stereocenters. The largest absolute Gasteiger partial charge is 0.386 e. The number of nitrogens with zero attached hydrogens (tertiary/aromatic N) is 1. The van der Waals surface area contributed by atoms with Crippen LogP contribution in [-0.2, 0) is 0 Å². The molecule has 15 heavy (non-hydrogen) atoms. The Morgan fingerprint density at radius 1 is 1.40 bits per heavy atom. The molecule has 0 amide bonds. The van der Waals surface area contributed by atoms with Crippen molar-refractivity contribution in [3.63, 3.8) is 0 Å². The Balaban J connectivity index is 2.72. The van der Waals surface area contributed by atoms with Gasteiger partial charge in [0.2, 0.25) is 0 Å². The van der Waals surface area contributed by atoms with Crippen LogP contribution in [0.25, 0.3) is 0 Å². The minimum absolute atomic E-state index is 0.146. The van der Waals surface area contributed by atoms with Gasteiger partial charge in [-0.15, -0.1) is 11.6 Å². The van der Waals surface area contributed by atoms with Gasteiger partial charge in [-0.1, -0.05) is 11.8 Å². The zero-order valence-electron chi connectivity index (χ0n) is 7.66. The van der Waals surface area contributed by atoms with Gasteiger partial charge in [0.15, 0.2) is 0 Å². The van der Waals surface area contributed by atoms with E-state index in [0.29, 0.717) is 28.2 Å². The van der Waals surface area contributed by atoms with Crippen LogP contribution in [0.3, 0.4) is 0 Å². The van der Waals surface area contributed by atoms with Crippen molar-refractivity contribution < 1.29 is 8.78 Å². The van der Waals surface area contributed by atoms with E-state index in [9.17, 15) is 8.78 Å². The molecule has 0 radical (unpaired) electrons. The highest BCUT2D eigenvalue weighted by molar-refractivity contribution is 7.99. The van der Waals surface area contributed by atoms with E-state index < -0.39 is 5.76 Å². The van der Waals surface area contributed by atoms with Crippen LogP contribution in [0.5, 0.6) is 0 Å². The number of nitrogens with two attached hydrogens (primary N) is 1. The maximum absolute atomic E-state index is 12.0. The summed E-state index contributed by atoms with van der Waals surface area (Å²) in [6.45, 7) is 0. The third-order valence-electron chi connectivity index (χ3n) is 1.47. The molecular weight excluding hydrogens is 242 g/mol. The number of hydrogen-bond acceptors (Lipinski definition) is 2. The van der Waals surface area contributed by atoms with E-state index >= 15 is 0 Å². The van der Waals surface area contributed by atoms with E-state index in [1.807, 2.05) is 0 Å². The third kappa shape index (κ3) is 4.48. The van der Waals surface area contributed by atoms with Gasteiger partial charge in [0.25, 0.3) is 5.76 Å². The summed E-state index contributed by atoms with van der Waals surface area (Å²) in [5, 5.41) is 0. The Morgan fingerprint density at radius 3 is 2.47 bits per heavy atom. The number of halogens is 3. The van der Waals surface area contributed by atoms with Gasteiger partial charge in [0.05, 0.1) is 11.6 Å². The Hall–Kier alpha value is -0.810. The van der Waals surface area contributed by atoms with Crippen LogP contribution < -0.4 is 5.73 Å². The first-order valence-corrected chi connectivity index (χ1v) is 5.47. The summed E-state index contributed by atoms with van der Waals surface area (Å²) in [6, 6.07) is 6.36. The van der Waals surface area contributed by atoms with E-state index in [-0.39, 0.29) is 5.88 Å². The molecule has 2 nitrogen and oxygen atoms in total. The van der Waals surface area contributed by atoms with Crippen LogP contribution in [0.1, 0.15) is 0 Å². The van der Waals surface area contributed by atoms with Crippen LogP contribution in [0.4, 0.5) is 14.5 Å². The van der Waals surface area contributed by atoms with Crippen LogP contribution in [0, 0.1) is 0 Å². The lowest BCUT2D eigenvalue weighted by atomic mass is 10.3. The first-order valence-electron chi connectivity index (χ1n) is 4.05. The molecule has 0 unspecified atom stereocenters. The molecule has 0 heterocycles. The molecule has 0 aromatic heterocycles. The molecule has 2 N–H and O–H groups in total. The maximum Gasteiger partial charge on any atom is 0.288 e. The number of rotatable bonds is 4. The predicted molar refractivity (Wildman–Crippen MR) is 60.3 cm³/mol. The van der Waals surface area contributed by atoms with E-state index in [4.69, 9.17) is 17.3 Å². The van der Waals surface area contributed by atoms with E-state index in [2.05, 4.69) is 4.99 Å². The summed E-state index contributed by atoms with van der Waals surface area (Å²) in [4.78, 5) is 4.46. The Morgan fingerprint density at radius 2 is 2.00 bits per heavy atom. The highest BCUT2D eigenvalue weighted by atomic mass is 35.5. The van der Waals surface area contributed by atoms with Gasteiger partial charge in [-0.25, -0.2) is 4.99 Å². The van der Waals surface area contributed by atoms with Gasteiger partial charge < -0.3 is 5.73 Å². The van der Waals surface area contributed by atoms with Crippen molar-refractivity contribution in [2.75, 3.05) is 5.88 Å². The van der Waals surface area contributed by atoms with Gasteiger partial charge in [-0.05, 0) is 24.3 Å². The second-order valence-electron chi connectivity index (χ2n) is 2.61. The molecule has 0 spiro atoms. The zero-order valence-corrected chi connectivity index (χ0v) is 9.23. The molecule has 1 aromatic rings. The number of aliphatic imine (C=N–C) groups is 1. The number of alkyl halides is 3. The molecule has 82 valence electrons. The molecule has 0 saturated heterocycles. The fourth-order valence-corrected chi connectivity index (χ4v) is 1.46. The van der Waals surface area contributed by atoms with Crippen LogP contribution >= 0.6 is 23.4 Å². The minimum atomic E-state index is -2.41. The highest BCUT2D eigenvalue weighted by Crippen LogP contribution is 2.26. The summed E-state index contributed by atoms with van der Waals surface area (Å²) in [7, 11) is 0. The normalized spacial score (nSPS) is 12.1. The first kappa shape index (κ1) is 12.3. The lowest BCUT2D eigenvalue weighted by Crippen LogP contribution is -2.12. The summed E-state index contributed by atoms with van der Waals surface area (Å²) in [6.07, 6.45) is 0. The second kappa shape index (κ2) is 5.92. The van der Waals surface area contributed by atoms with Gasteiger partial charge in [0.1, 0.15) is 5.84 Å². The smallest absolute Gasteiger partial charge is 0.288 e. The molecular formula is C9H9ClF2N2S. The van der Waals surface area contributed by atoms with Crippen molar-refractivity contribution in [2.45, 2.75) is 10.7 Å². The molecule has 0 aliphatic heterocycles. The average molecular weight is 251 g/mol. The molecule has 0 aliphatic rings. The van der Waals surface area contributed by atoms with Crippen LogP contribution in [0.15, 0.2) is 34.2 Å². The highest BCUT2D eigenvalue weighted by Gasteiger charge is 2.04. The summed E-state index contributed by atoms with van der Waals surface area (Å²) in [5.41, 5.74) is 6.02. The van der Waals surface area contributed by atoms with Crippen molar-refractivity contribution in [1.29, 1.82) is 0 Å². The predicted octanol–water partition coefficient (Wildman–Crippen LogP) is 3.23. The fourth-order valence-electron chi connectivity index (χ4n) is 0.898. The van der Waals surface area contributed by atoms with Gasteiger partial charge in [0, 0.05) is 4.90 Å². The first-order chi connectivity index (χ1) is 7.11. The SMILES string of the molecule is NC(CCl)=Nc1ccc(SC(F)F)cc1. The second-order valence-corrected chi connectivity index (χ2v) is 3.94. The molecule has 0 fully saturated rings. The van der Waals surface area contributed by atoms with E-state index in [1.54, 1.807) is 24.3 Å². The number of amidine groups is 1. The van der Waals surface area contributed by atoms with Crippen LogP contribution in [-0.4, -0.2) is 17.5 Å². The van der Waals surface area contributed by atoms with Crippen molar-refractivity contribution in [3.05, 3.63) is 24.3 Å². The Bertz CT molecular complexity index is 340. The van der Waals surface area contributed by atoms with Gasteiger partial charge in [-0.3, -0.25) is 0 Å². The lowest BCUT2D eigenvalue weighted by molar-refractivity contribution is 0.252. The fraction of sp³-hybridized carbons (Fsp3) is 0.222. The zero-order chi connectivity index (χ0) is 11.3. The molecule has 1 rings (SSSR count). The number of thioether (sulfide) groups is 1. The molecule has 1 aromatic carbocycles.